The number of urea groups is 1. The van der Waals surface area contributed by atoms with Gasteiger partial charge in [0.25, 0.3) is 0 Å². The molecule has 2 N–H and O–H groups in total. The number of carbonyl (C=O) groups excluding carboxylic acids is 2. The second-order valence-corrected chi connectivity index (χ2v) is 6.22. The van der Waals surface area contributed by atoms with Crippen LogP contribution in [0.4, 0.5) is 4.79 Å². The average Bonchev–Trinajstić information content (AvgIpc) is 2.55. The van der Waals surface area contributed by atoms with Gasteiger partial charge in [0.1, 0.15) is 0 Å². The third kappa shape index (κ3) is 3.67. The van der Waals surface area contributed by atoms with Crippen molar-refractivity contribution in [2.75, 3.05) is 32.8 Å². The molecule has 0 aromatic rings. The van der Waals surface area contributed by atoms with Crippen molar-refractivity contribution in [1.29, 1.82) is 0 Å². The molecular weight excluding hydrogens is 298 g/mol. The van der Waals surface area contributed by atoms with Gasteiger partial charge in [-0.3, -0.25) is 4.90 Å². The number of amides is 2. The molecule has 7 heteroatoms. The molecule has 3 aliphatic rings. The van der Waals surface area contributed by atoms with Crippen LogP contribution < -0.4 is 10.6 Å². The summed E-state index contributed by atoms with van der Waals surface area (Å²) in [5, 5.41) is 5.44. The van der Waals surface area contributed by atoms with Crippen molar-refractivity contribution in [3.05, 3.63) is 11.3 Å². The second-order valence-electron chi connectivity index (χ2n) is 6.22. The molecule has 2 aliphatic heterocycles. The smallest absolute Gasteiger partial charge is 0.337 e. The maximum absolute atomic E-state index is 12.1. The quantitative estimate of drug-likeness (QED) is 0.747. The number of rotatable bonds is 4. The molecule has 2 amide bonds. The topological polar surface area (TPSA) is 79.9 Å². The highest BCUT2D eigenvalue weighted by atomic mass is 16.5. The molecule has 1 aliphatic carbocycles. The molecule has 0 aromatic heterocycles. The van der Waals surface area contributed by atoms with E-state index in [9.17, 15) is 9.59 Å². The number of morpholine rings is 1. The zero-order valence-electron chi connectivity index (χ0n) is 13.6. The maximum Gasteiger partial charge on any atom is 0.337 e. The monoisotopic (exact) mass is 323 g/mol. The Kier molecular flexibility index (Phi) is 5.17. The highest BCUT2D eigenvalue weighted by Crippen LogP contribution is 2.29. The first-order chi connectivity index (χ1) is 11.2. The first-order valence-corrected chi connectivity index (χ1v) is 8.48. The molecule has 1 saturated carbocycles. The lowest BCUT2D eigenvalue weighted by atomic mass is 9.90. The van der Waals surface area contributed by atoms with Gasteiger partial charge in [-0.15, -0.1) is 0 Å². The molecule has 0 radical (unpaired) electrons. The number of hydrogen-bond acceptors (Lipinski definition) is 5. The van der Waals surface area contributed by atoms with Crippen molar-refractivity contribution in [1.82, 2.24) is 15.5 Å². The largest absolute Gasteiger partial charge is 0.463 e. The molecular formula is C16H25N3O4. The predicted octanol–water partition coefficient (Wildman–Crippen LogP) is 0.760. The van der Waals surface area contributed by atoms with E-state index in [1.807, 2.05) is 0 Å². The van der Waals surface area contributed by atoms with Crippen LogP contribution in [0.25, 0.3) is 0 Å². The molecule has 2 heterocycles. The second kappa shape index (κ2) is 7.31. The van der Waals surface area contributed by atoms with E-state index in [2.05, 4.69) is 15.5 Å². The van der Waals surface area contributed by atoms with E-state index in [1.54, 1.807) is 6.92 Å². The van der Waals surface area contributed by atoms with Crippen LogP contribution >= 0.6 is 0 Å². The van der Waals surface area contributed by atoms with Gasteiger partial charge in [0.2, 0.25) is 0 Å². The van der Waals surface area contributed by atoms with Crippen LogP contribution in [-0.2, 0) is 14.3 Å². The molecule has 1 saturated heterocycles. The highest BCUT2D eigenvalue weighted by molar-refractivity contribution is 5.93. The van der Waals surface area contributed by atoms with Gasteiger partial charge < -0.3 is 20.1 Å². The van der Waals surface area contributed by atoms with Gasteiger partial charge in [0.15, 0.2) is 0 Å². The minimum absolute atomic E-state index is 0.221. The zero-order valence-corrected chi connectivity index (χ0v) is 13.6. The van der Waals surface area contributed by atoms with Crippen LogP contribution in [0.15, 0.2) is 11.3 Å². The van der Waals surface area contributed by atoms with Gasteiger partial charge in [-0.05, 0) is 19.8 Å². The van der Waals surface area contributed by atoms with Gasteiger partial charge in [-0.2, -0.15) is 0 Å². The molecule has 2 fully saturated rings. The van der Waals surface area contributed by atoms with E-state index in [0.717, 1.165) is 19.4 Å². The Morgan fingerprint density at radius 3 is 3.04 bits per heavy atom. The Bertz CT molecular complexity index is 504. The van der Waals surface area contributed by atoms with Gasteiger partial charge in [0, 0.05) is 24.8 Å². The van der Waals surface area contributed by atoms with Crippen LogP contribution in [-0.4, -0.2) is 61.9 Å². The normalized spacial score (nSPS) is 28.7. The Balaban J connectivity index is 1.76. The lowest BCUT2D eigenvalue weighted by Crippen LogP contribution is -2.55. The van der Waals surface area contributed by atoms with Crippen LogP contribution in [0.5, 0.6) is 0 Å². The number of hydrogen-bond donors (Lipinski definition) is 2. The van der Waals surface area contributed by atoms with E-state index < -0.39 is 0 Å². The third-order valence-corrected chi connectivity index (χ3v) is 4.78. The Labute approximate surface area is 136 Å². The summed E-state index contributed by atoms with van der Waals surface area (Å²) in [5.41, 5.74) is 1.18. The van der Waals surface area contributed by atoms with Gasteiger partial charge in [0.05, 0.1) is 31.4 Å². The summed E-state index contributed by atoms with van der Waals surface area (Å²) in [6.45, 7) is 4.41. The van der Waals surface area contributed by atoms with E-state index in [0.29, 0.717) is 37.1 Å². The third-order valence-electron chi connectivity index (χ3n) is 4.78. The van der Waals surface area contributed by atoms with Crippen molar-refractivity contribution in [2.24, 2.45) is 0 Å². The molecule has 2 atom stereocenters. The lowest BCUT2D eigenvalue weighted by molar-refractivity contribution is -0.138. The maximum atomic E-state index is 12.1. The zero-order chi connectivity index (χ0) is 16.2. The number of fused-ring (bicyclic) bond motifs is 1. The number of ether oxygens (including phenoxy) is 2. The molecule has 0 bridgehead atoms. The summed E-state index contributed by atoms with van der Waals surface area (Å²) in [6, 6.07) is 0.113. The van der Waals surface area contributed by atoms with Gasteiger partial charge >= 0.3 is 12.0 Å². The van der Waals surface area contributed by atoms with Crippen molar-refractivity contribution in [3.63, 3.8) is 0 Å². The number of carbonyl (C=O) groups is 2. The number of nitrogens with zero attached hydrogens (tertiary/aromatic N) is 1. The van der Waals surface area contributed by atoms with Crippen LogP contribution in [0.2, 0.25) is 0 Å². The van der Waals surface area contributed by atoms with Crippen LogP contribution in [0, 0.1) is 0 Å². The molecule has 128 valence electrons. The lowest BCUT2D eigenvalue weighted by Gasteiger charge is -2.44. The highest BCUT2D eigenvalue weighted by Gasteiger charge is 2.35. The van der Waals surface area contributed by atoms with Crippen molar-refractivity contribution in [2.45, 2.75) is 44.8 Å². The number of nitrogens with one attached hydrogen (secondary N) is 2. The van der Waals surface area contributed by atoms with E-state index in [-0.39, 0.29) is 24.6 Å². The van der Waals surface area contributed by atoms with Gasteiger partial charge in [-0.25, -0.2) is 9.59 Å². The predicted molar refractivity (Wildman–Crippen MR) is 83.8 cm³/mol. The summed E-state index contributed by atoms with van der Waals surface area (Å²) in [4.78, 5) is 26.1. The average molecular weight is 323 g/mol. The first kappa shape index (κ1) is 16.3. The summed E-state index contributed by atoms with van der Waals surface area (Å²) >= 11 is 0. The van der Waals surface area contributed by atoms with Gasteiger partial charge in [-0.1, -0.05) is 12.8 Å². The fourth-order valence-corrected chi connectivity index (χ4v) is 3.66. The number of esters is 1. The molecule has 23 heavy (non-hydrogen) atoms. The molecule has 0 aromatic carbocycles. The minimum atomic E-state index is -0.358. The summed E-state index contributed by atoms with van der Waals surface area (Å²) < 4.78 is 11.0. The van der Waals surface area contributed by atoms with Crippen molar-refractivity contribution < 1.29 is 19.1 Å². The Hall–Kier alpha value is -1.60. The SMILES string of the molecule is CCOC(=O)C1=C(CN2CCO[C@@H]3CCCC[C@H]32)NC(=O)NC1. The summed E-state index contributed by atoms with van der Waals surface area (Å²) in [5.74, 6) is -0.358. The fourth-order valence-electron chi connectivity index (χ4n) is 3.66. The molecule has 0 spiro atoms. The standard InChI is InChI=1S/C16H25N3O4/c1-2-22-15(20)11-9-17-16(21)18-12(11)10-19-7-8-23-14-6-4-3-5-13(14)19/h13-14H,2-10H2,1H3,(H2,17,18,21)/t13-,14-/m1/s1. The summed E-state index contributed by atoms with van der Waals surface area (Å²) in [7, 11) is 0. The van der Waals surface area contributed by atoms with Crippen molar-refractivity contribution >= 4 is 12.0 Å². The van der Waals surface area contributed by atoms with Crippen molar-refractivity contribution in [3.8, 4) is 0 Å². The molecule has 0 unspecified atom stereocenters. The van der Waals surface area contributed by atoms with E-state index in [1.165, 1.54) is 12.8 Å². The Morgan fingerprint density at radius 1 is 1.39 bits per heavy atom. The Morgan fingerprint density at radius 2 is 2.22 bits per heavy atom. The minimum Gasteiger partial charge on any atom is -0.463 e. The van der Waals surface area contributed by atoms with Crippen LogP contribution in [0.1, 0.15) is 32.6 Å². The van der Waals surface area contributed by atoms with E-state index >= 15 is 0 Å². The van der Waals surface area contributed by atoms with Crippen LogP contribution in [0.3, 0.4) is 0 Å². The molecule has 3 rings (SSSR count). The fraction of sp³-hybridized carbons (Fsp3) is 0.750. The summed E-state index contributed by atoms with van der Waals surface area (Å²) in [6.07, 6.45) is 4.91. The van der Waals surface area contributed by atoms with E-state index in [4.69, 9.17) is 9.47 Å². The first-order valence-electron chi connectivity index (χ1n) is 8.48. The molecule has 7 nitrogen and oxygen atoms in total.